The second kappa shape index (κ2) is 8.94. The van der Waals surface area contributed by atoms with Gasteiger partial charge in [0, 0.05) is 27.8 Å². The summed E-state index contributed by atoms with van der Waals surface area (Å²) in [5.74, 6) is -3.81. The van der Waals surface area contributed by atoms with Crippen molar-refractivity contribution < 1.29 is 37.8 Å². The van der Waals surface area contributed by atoms with Gasteiger partial charge in [-0.25, -0.2) is 4.79 Å². The predicted molar refractivity (Wildman–Crippen MR) is 172 cm³/mol. The van der Waals surface area contributed by atoms with Crippen molar-refractivity contribution in [2.24, 2.45) is 27.6 Å². The van der Waals surface area contributed by atoms with Crippen molar-refractivity contribution >= 4 is 34.5 Å². The Labute approximate surface area is 275 Å². The summed E-state index contributed by atoms with van der Waals surface area (Å²) < 4.78 is 25.0. The summed E-state index contributed by atoms with van der Waals surface area (Å²) in [5.41, 5.74) is -6.41. The third kappa shape index (κ3) is 3.39. The fourth-order valence-corrected chi connectivity index (χ4v) is 10.1. The number of aryl methyl sites for hydroxylation is 1. The van der Waals surface area contributed by atoms with E-state index in [0.29, 0.717) is 42.4 Å². The second-order valence-corrected chi connectivity index (χ2v) is 17.2. The maximum absolute atomic E-state index is 15.7. The van der Waals surface area contributed by atoms with Crippen molar-refractivity contribution in [3.05, 3.63) is 39.2 Å². The normalized spacial score (nSPS) is 37.1. The van der Waals surface area contributed by atoms with Gasteiger partial charge < -0.3 is 18.6 Å². The van der Waals surface area contributed by atoms with Crippen LogP contribution in [0.3, 0.4) is 0 Å². The van der Waals surface area contributed by atoms with Gasteiger partial charge in [0.15, 0.2) is 22.8 Å². The lowest BCUT2D eigenvalue weighted by atomic mass is 9.57. The Bertz CT molecular complexity index is 1890. The number of ether oxygens (including phenoxy) is 3. The van der Waals surface area contributed by atoms with Gasteiger partial charge in [0.05, 0.1) is 22.7 Å². The molecule has 6 atom stereocenters. The monoisotopic (exact) mass is 646 g/mol. The highest BCUT2D eigenvalue weighted by Gasteiger charge is 2.80. The maximum atomic E-state index is 15.7. The van der Waals surface area contributed by atoms with E-state index in [0.717, 1.165) is 11.1 Å². The molecule has 3 aliphatic heterocycles. The second-order valence-electron chi connectivity index (χ2n) is 17.2. The van der Waals surface area contributed by atoms with E-state index in [1.54, 1.807) is 13.8 Å². The Balaban J connectivity index is 1.55. The average molecular weight is 647 g/mol. The number of esters is 2. The summed E-state index contributed by atoms with van der Waals surface area (Å²) in [6.07, 6.45) is 1.53. The first-order valence-corrected chi connectivity index (χ1v) is 16.9. The van der Waals surface area contributed by atoms with Crippen molar-refractivity contribution in [2.45, 2.75) is 130 Å². The summed E-state index contributed by atoms with van der Waals surface area (Å²) in [6, 6.07) is 3.32. The minimum absolute atomic E-state index is 0.0523. The van der Waals surface area contributed by atoms with Crippen LogP contribution in [0.2, 0.25) is 0 Å². The number of carbonyl (C=O) groups excluding carboxylic acids is 4. The number of rotatable bonds is 5. The smallest absolute Gasteiger partial charge is 0.336 e. The molecule has 7 rings (SSSR count). The first-order valence-electron chi connectivity index (χ1n) is 16.9. The van der Waals surface area contributed by atoms with Crippen molar-refractivity contribution in [1.29, 1.82) is 0 Å². The standard InChI is InChI=1S/C38H46O9/c1-18(2)20-17-22(39)44-27-23(20)19(3)16-21-24(27)25(28(40)37-14-12-35(10,30(42)46-37)33(37,6)7)26(32(4,5)45-21)29(41)38-15-13-36(11,31(43)47-38)34(38,8)9/h16-18,25-26H,12-15H2,1-11H3/t25-,26-,35-,36-,37+,38+/m0/s1. The van der Waals surface area contributed by atoms with Gasteiger partial charge in [0.2, 0.25) is 0 Å². The first-order chi connectivity index (χ1) is 21.5. The Hall–Kier alpha value is -3.49. The van der Waals surface area contributed by atoms with Crippen LogP contribution in [0.4, 0.5) is 0 Å². The van der Waals surface area contributed by atoms with Gasteiger partial charge in [-0.15, -0.1) is 0 Å². The van der Waals surface area contributed by atoms with Crippen molar-refractivity contribution in [3.63, 3.8) is 0 Å². The molecule has 252 valence electrons. The lowest BCUT2D eigenvalue weighted by Crippen LogP contribution is -2.62. The summed E-state index contributed by atoms with van der Waals surface area (Å²) in [4.78, 5) is 71.2. The van der Waals surface area contributed by atoms with Crippen LogP contribution >= 0.6 is 0 Å². The van der Waals surface area contributed by atoms with Gasteiger partial charge >= 0.3 is 17.6 Å². The molecule has 2 aromatic rings. The summed E-state index contributed by atoms with van der Waals surface area (Å²) in [7, 11) is 0. The summed E-state index contributed by atoms with van der Waals surface area (Å²) in [5, 5.41) is 0.682. The fraction of sp³-hybridized carbons (Fsp3) is 0.658. The van der Waals surface area contributed by atoms with E-state index in [1.807, 2.05) is 68.4 Å². The van der Waals surface area contributed by atoms with Gasteiger partial charge in [0.25, 0.3) is 0 Å². The quantitative estimate of drug-likeness (QED) is 0.265. The SMILES string of the molecule is Cc1cc2c(c3oc(=O)cc(C(C)C)c13)[C@H](C(=O)[C@@]13CC[C@@](C)(C(=O)O1)C3(C)C)[C@@H](C(=O)[C@@]13CC[C@@](C)(C(=O)O1)C3(C)C)C(C)(C)O2. The zero-order valence-electron chi connectivity index (χ0n) is 29.4. The number of hydrogen-bond acceptors (Lipinski definition) is 9. The lowest BCUT2D eigenvalue weighted by Gasteiger charge is -2.49. The van der Waals surface area contributed by atoms with E-state index in [4.69, 9.17) is 18.6 Å². The van der Waals surface area contributed by atoms with Crippen LogP contribution in [-0.2, 0) is 28.7 Å². The molecule has 1 aromatic heterocycles. The molecule has 1 aromatic carbocycles. The molecule has 2 aliphatic carbocycles. The Kier molecular flexibility index (Phi) is 6.10. The van der Waals surface area contributed by atoms with E-state index in [1.165, 1.54) is 6.07 Å². The zero-order valence-corrected chi connectivity index (χ0v) is 29.4. The van der Waals surface area contributed by atoms with Crippen molar-refractivity contribution in [3.8, 4) is 5.75 Å². The lowest BCUT2D eigenvalue weighted by molar-refractivity contribution is -0.177. The van der Waals surface area contributed by atoms with Gasteiger partial charge in [-0.3, -0.25) is 19.2 Å². The molecule has 2 saturated heterocycles. The first kappa shape index (κ1) is 32.1. The molecule has 9 heteroatoms. The Morgan fingerprint density at radius 2 is 1.26 bits per heavy atom. The molecule has 0 unspecified atom stereocenters. The van der Waals surface area contributed by atoms with Crippen molar-refractivity contribution in [1.82, 2.24) is 0 Å². The summed E-state index contributed by atoms with van der Waals surface area (Å²) in [6.45, 7) is 20.6. The number of fused-ring (bicyclic) bond motifs is 7. The molecule has 0 spiro atoms. The van der Waals surface area contributed by atoms with Crippen LogP contribution < -0.4 is 10.4 Å². The van der Waals surface area contributed by atoms with Crippen LogP contribution in [0, 0.1) is 34.5 Å². The number of benzene rings is 1. The maximum Gasteiger partial charge on any atom is 0.336 e. The highest BCUT2D eigenvalue weighted by atomic mass is 16.6. The molecule has 0 radical (unpaired) electrons. The van der Waals surface area contributed by atoms with Gasteiger partial charge in [-0.05, 0) is 83.4 Å². The summed E-state index contributed by atoms with van der Waals surface area (Å²) >= 11 is 0. The van der Waals surface area contributed by atoms with E-state index < -0.39 is 79.4 Å². The van der Waals surface area contributed by atoms with Crippen molar-refractivity contribution in [2.75, 3.05) is 0 Å². The van der Waals surface area contributed by atoms with Crippen LogP contribution in [0.1, 0.15) is 123 Å². The van der Waals surface area contributed by atoms with E-state index in [-0.39, 0.29) is 11.5 Å². The third-order valence-electron chi connectivity index (χ3n) is 14.2. The van der Waals surface area contributed by atoms with Crippen LogP contribution in [0.15, 0.2) is 21.3 Å². The molecule has 0 amide bonds. The zero-order chi connectivity index (χ0) is 34.7. The van der Waals surface area contributed by atoms with Gasteiger partial charge in [-0.2, -0.15) is 0 Å². The predicted octanol–water partition coefficient (Wildman–Crippen LogP) is 6.48. The molecular formula is C38H46O9. The molecule has 4 heterocycles. The number of Topliss-reactive ketones (excluding diaryl/α,β-unsaturated/α-hetero) is 2. The van der Waals surface area contributed by atoms with E-state index >= 15 is 9.59 Å². The molecule has 0 N–H and O–H groups in total. The Morgan fingerprint density at radius 1 is 0.745 bits per heavy atom. The Morgan fingerprint density at radius 3 is 1.70 bits per heavy atom. The molecule has 4 bridgehead atoms. The van der Waals surface area contributed by atoms with Gasteiger partial charge in [-0.1, -0.05) is 41.5 Å². The largest absolute Gasteiger partial charge is 0.487 e. The number of hydrogen-bond donors (Lipinski definition) is 0. The van der Waals surface area contributed by atoms with Crippen LogP contribution in [0.25, 0.3) is 11.0 Å². The van der Waals surface area contributed by atoms with Crippen LogP contribution in [-0.4, -0.2) is 40.3 Å². The molecule has 4 fully saturated rings. The topological polar surface area (TPSA) is 126 Å². The average Bonchev–Trinajstić information content (AvgIpc) is 3.42. The highest BCUT2D eigenvalue weighted by molar-refractivity contribution is 6.09. The molecule has 47 heavy (non-hydrogen) atoms. The minimum atomic E-state index is -1.54. The third-order valence-corrected chi connectivity index (χ3v) is 14.2. The molecule has 5 aliphatic rings. The molecule has 9 nitrogen and oxygen atoms in total. The number of ketones is 2. The fourth-order valence-electron chi connectivity index (χ4n) is 10.1. The molecule has 2 saturated carbocycles. The molecular weight excluding hydrogens is 600 g/mol. The van der Waals surface area contributed by atoms with E-state index in [2.05, 4.69) is 0 Å². The van der Waals surface area contributed by atoms with Gasteiger partial charge in [0.1, 0.15) is 16.9 Å². The van der Waals surface area contributed by atoms with E-state index in [9.17, 15) is 14.4 Å². The minimum Gasteiger partial charge on any atom is -0.487 e. The number of carbonyl (C=O) groups is 4. The highest BCUT2D eigenvalue weighted by Crippen LogP contribution is 2.70. The van der Waals surface area contributed by atoms with Crippen LogP contribution in [0.5, 0.6) is 5.75 Å².